The summed E-state index contributed by atoms with van der Waals surface area (Å²) in [4.78, 5) is 0. The molecule has 9 heavy (non-hydrogen) atoms. The lowest BCUT2D eigenvalue weighted by molar-refractivity contribution is 0.234. The van der Waals surface area contributed by atoms with Gasteiger partial charge in [0.05, 0.1) is 6.61 Å². The molecule has 0 aliphatic rings. The molecule has 1 unspecified atom stereocenters. The van der Waals surface area contributed by atoms with Crippen molar-refractivity contribution < 1.29 is 5.11 Å². The van der Waals surface area contributed by atoms with Crippen molar-refractivity contribution in [3.05, 3.63) is 0 Å². The summed E-state index contributed by atoms with van der Waals surface area (Å²) in [6, 6.07) is 0.0879. The lowest BCUT2D eigenvalue weighted by Crippen LogP contribution is -2.37. The largest absolute Gasteiger partial charge is 0.395 e. The SMILES string of the molecule is CCCCC(CO)NN. The second kappa shape index (κ2) is 6.01. The smallest absolute Gasteiger partial charge is 0.0598 e. The van der Waals surface area contributed by atoms with Gasteiger partial charge in [-0.3, -0.25) is 11.3 Å². The Morgan fingerprint density at radius 1 is 1.67 bits per heavy atom. The van der Waals surface area contributed by atoms with Crippen LogP contribution in [0.3, 0.4) is 0 Å². The highest BCUT2D eigenvalue weighted by molar-refractivity contribution is 4.59. The summed E-state index contributed by atoms with van der Waals surface area (Å²) in [7, 11) is 0. The fraction of sp³-hybridized carbons (Fsp3) is 1.00. The van der Waals surface area contributed by atoms with Gasteiger partial charge in [0.25, 0.3) is 0 Å². The zero-order chi connectivity index (χ0) is 7.11. The van der Waals surface area contributed by atoms with Crippen LogP contribution in [0.5, 0.6) is 0 Å². The van der Waals surface area contributed by atoms with Crippen LogP contribution in [0.15, 0.2) is 0 Å². The molecule has 0 aliphatic carbocycles. The van der Waals surface area contributed by atoms with Crippen LogP contribution in [0.1, 0.15) is 26.2 Å². The van der Waals surface area contributed by atoms with Gasteiger partial charge in [-0.2, -0.15) is 0 Å². The summed E-state index contributed by atoms with van der Waals surface area (Å²) in [6.07, 6.45) is 3.23. The highest BCUT2D eigenvalue weighted by Crippen LogP contribution is 1.97. The number of aliphatic hydroxyl groups is 1. The number of nitrogens with one attached hydrogen (secondary N) is 1. The molecule has 56 valence electrons. The molecule has 3 heteroatoms. The van der Waals surface area contributed by atoms with E-state index in [4.69, 9.17) is 10.9 Å². The molecule has 0 bridgehead atoms. The molecule has 1 atom stereocenters. The van der Waals surface area contributed by atoms with Gasteiger partial charge in [-0.1, -0.05) is 19.8 Å². The van der Waals surface area contributed by atoms with Crippen LogP contribution in [0.2, 0.25) is 0 Å². The molecule has 0 heterocycles. The zero-order valence-corrected chi connectivity index (χ0v) is 5.93. The van der Waals surface area contributed by atoms with Crippen LogP contribution in [0.25, 0.3) is 0 Å². The summed E-state index contributed by atoms with van der Waals surface area (Å²) in [5.74, 6) is 5.11. The second-order valence-electron chi connectivity index (χ2n) is 2.19. The third-order valence-corrected chi connectivity index (χ3v) is 1.36. The Bertz CT molecular complexity index is 55.0. The van der Waals surface area contributed by atoms with Crippen molar-refractivity contribution in [3.63, 3.8) is 0 Å². The van der Waals surface area contributed by atoms with Gasteiger partial charge in [-0.15, -0.1) is 0 Å². The molecule has 0 spiro atoms. The maximum Gasteiger partial charge on any atom is 0.0598 e. The lowest BCUT2D eigenvalue weighted by atomic mass is 10.1. The Balaban J connectivity index is 3.09. The Labute approximate surface area is 56.2 Å². The Morgan fingerprint density at radius 2 is 2.33 bits per heavy atom. The molecule has 0 saturated carbocycles. The van der Waals surface area contributed by atoms with E-state index in [1.807, 2.05) is 0 Å². The van der Waals surface area contributed by atoms with Gasteiger partial charge in [0.2, 0.25) is 0 Å². The van der Waals surface area contributed by atoms with E-state index in [0.717, 1.165) is 19.3 Å². The second-order valence-corrected chi connectivity index (χ2v) is 2.19. The number of unbranched alkanes of at least 4 members (excludes halogenated alkanes) is 1. The van der Waals surface area contributed by atoms with Crippen LogP contribution >= 0.6 is 0 Å². The van der Waals surface area contributed by atoms with Gasteiger partial charge in [-0.05, 0) is 6.42 Å². The van der Waals surface area contributed by atoms with Crippen molar-refractivity contribution in [1.82, 2.24) is 5.43 Å². The summed E-state index contributed by atoms with van der Waals surface area (Å²) in [6.45, 7) is 2.25. The number of nitrogens with two attached hydrogens (primary N) is 1. The molecule has 0 aromatic heterocycles. The minimum absolute atomic E-state index is 0.0879. The molecule has 0 radical (unpaired) electrons. The minimum Gasteiger partial charge on any atom is -0.395 e. The molecule has 4 N–H and O–H groups in total. The van der Waals surface area contributed by atoms with Gasteiger partial charge in [0, 0.05) is 6.04 Å². The molecule has 0 aromatic rings. The maximum atomic E-state index is 8.61. The Hall–Kier alpha value is -0.120. The molecule has 0 fully saturated rings. The fourth-order valence-corrected chi connectivity index (χ4v) is 0.678. The molecule has 0 aromatic carbocycles. The third kappa shape index (κ3) is 4.39. The number of hydrogen-bond donors (Lipinski definition) is 3. The first-order valence-corrected chi connectivity index (χ1v) is 3.42. The van der Waals surface area contributed by atoms with Gasteiger partial charge >= 0.3 is 0 Å². The van der Waals surface area contributed by atoms with Crippen molar-refractivity contribution in [2.45, 2.75) is 32.2 Å². The van der Waals surface area contributed by atoms with Crippen LogP contribution in [0.4, 0.5) is 0 Å². The lowest BCUT2D eigenvalue weighted by Gasteiger charge is -2.10. The van der Waals surface area contributed by atoms with Gasteiger partial charge in [-0.25, -0.2) is 0 Å². The highest BCUT2D eigenvalue weighted by Gasteiger charge is 2.01. The van der Waals surface area contributed by atoms with Crippen molar-refractivity contribution in [1.29, 1.82) is 0 Å². The predicted molar refractivity (Wildman–Crippen MR) is 37.7 cm³/mol. The van der Waals surface area contributed by atoms with E-state index >= 15 is 0 Å². The van der Waals surface area contributed by atoms with Gasteiger partial charge < -0.3 is 5.11 Å². The van der Waals surface area contributed by atoms with E-state index in [0.29, 0.717) is 0 Å². The van der Waals surface area contributed by atoms with E-state index < -0.39 is 0 Å². The van der Waals surface area contributed by atoms with Crippen molar-refractivity contribution in [2.24, 2.45) is 5.84 Å². The maximum absolute atomic E-state index is 8.61. The van der Waals surface area contributed by atoms with Crippen LogP contribution in [-0.4, -0.2) is 17.8 Å². The summed E-state index contributed by atoms with van der Waals surface area (Å²) >= 11 is 0. The van der Waals surface area contributed by atoms with Crippen LogP contribution in [-0.2, 0) is 0 Å². The molecular weight excluding hydrogens is 116 g/mol. The van der Waals surface area contributed by atoms with Crippen LogP contribution < -0.4 is 11.3 Å². The topological polar surface area (TPSA) is 58.3 Å². The highest BCUT2D eigenvalue weighted by atomic mass is 16.3. The quantitative estimate of drug-likeness (QED) is 0.364. The third-order valence-electron chi connectivity index (χ3n) is 1.36. The monoisotopic (exact) mass is 132 g/mol. The molecule has 0 aliphatic heterocycles. The number of aliphatic hydroxyl groups excluding tert-OH is 1. The molecular formula is C6H16N2O. The minimum atomic E-state index is 0.0879. The Kier molecular flexibility index (Phi) is 5.93. The van der Waals surface area contributed by atoms with E-state index in [1.54, 1.807) is 0 Å². The predicted octanol–water partition coefficient (Wildman–Crippen LogP) is 0.000800. The van der Waals surface area contributed by atoms with Crippen molar-refractivity contribution >= 4 is 0 Å². The normalized spacial score (nSPS) is 13.7. The summed E-state index contributed by atoms with van der Waals surface area (Å²) in [5, 5.41) is 8.61. The molecule has 0 rings (SSSR count). The fourth-order valence-electron chi connectivity index (χ4n) is 0.678. The van der Waals surface area contributed by atoms with Crippen LogP contribution in [0, 0.1) is 0 Å². The van der Waals surface area contributed by atoms with Crippen molar-refractivity contribution in [3.8, 4) is 0 Å². The van der Waals surface area contributed by atoms with Crippen molar-refractivity contribution in [2.75, 3.05) is 6.61 Å². The molecule has 0 amide bonds. The zero-order valence-electron chi connectivity index (χ0n) is 5.93. The van der Waals surface area contributed by atoms with Gasteiger partial charge in [0.1, 0.15) is 0 Å². The van der Waals surface area contributed by atoms with E-state index in [2.05, 4.69) is 12.3 Å². The molecule has 3 nitrogen and oxygen atoms in total. The average molecular weight is 132 g/mol. The molecule has 0 saturated heterocycles. The summed E-state index contributed by atoms with van der Waals surface area (Å²) < 4.78 is 0. The first-order valence-electron chi connectivity index (χ1n) is 3.42. The average Bonchev–Trinajstić information content (AvgIpc) is 1.91. The Morgan fingerprint density at radius 3 is 2.67 bits per heavy atom. The van der Waals surface area contributed by atoms with E-state index in [-0.39, 0.29) is 12.6 Å². The van der Waals surface area contributed by atoms with E-state index in [1.165, 1.54) is 0 Å². The van der Waals surface area contributed by atoms with Gasteiger partial charge in [0.15, 0.2) is 0 Å². The standard InChI is InChI=1S/C6H16N2O/c1-2-3-4-6(5-9)8-7/h6,8-9H,2-5,7H2,1H3. The first kappa shape index (κ1) is 8.88. The first-order chi connectivity index (χ1) is 4.35. The number of hydrogen-bond acceptors (Lipinski definition) is 3. The van der Waals surface area contributed by atoms with E-state index in [9.17, 15) is 0 Å². The number of hydrazine groups is 1. The summed E-state index contributed by atoms with van der Waals surface area (Å²) in [5.41, 5.74) is 2.54. The number of rotatable bonds is 5.